The Balaban J connectivity index is 2.28. The summed E-state index contributed by atoms with van der Waals surface area (Å²) in [5.41, 5.74) is 1.73. The second-order valence-electron chi connectivity index (χ2n) is 4.96. The number of aromatic nitrogens is 2. The summed E-state index contributed by atoms with van der Waals surface area (Å²) in [7, 11) is 1.90. The molecule has 1 aromatic heterocycles. The number of benzene rings is 1. The first-order valence-corrected chi connectivity index (χ1v) is 9.63. The summed E-state index contributed by atoms with van der Waals surface area (Å²) in [5.74, 6) is 0.654. The quantitative estimate of drug-likeness (QED) is 0.697. The lowest BCUT2D eigenvalue weighted by atomic mass is 10.3. The Hall–Kier alpha value is -1.05. The molecule has 0 aliphatic rings. The van der Waals surface area contributed by atoms with Crippen molar-refractivity contribution in [1.82, 2.24) is 14.3 Å². The molecule has 0 saturated carbocycles. The van der Waals surface area contributed by atoms with E-state index in [0.717, 1.165) is 28.8 Å². The summed E-state index contributed by atoms with van der Waals surface area (Å²) in [6, 6.07) is 9.63. The Morgan fingerprint density at radius 3 is 2.43 bits per heavy atom. The van der Waals surface area contributed by atoms with Gasteiger partial charge in [-0.15, -0.1) is 0 Å². The monoisotopic (exact) mass is 413 g/mol. The summed E-state index contributed by atoms with van der Waals surface area (Å²) in [6.45, 7) is 5.97. The molecule has 1 aromatic carbocycles. The van der Waals surface area contributed by atoms with Crippen LogP contribution < -0.4 is 5.56 Å². The molecule has 0 atom stereocenters. The minimum atomic E-state index is -0.0527. The second-order valence-corrected chi connectivity index (χ2v) is 7.37. The van der Waals surface area contributed by atoms with Crippen LogP contribution in [-0.2, 0) is 12.8 Å². The molecule has 0 radical (unpaired) electrons. The molecule has 0 fully saturated rings. The summed E-state index contributed by atoms with van der Waals surface area (Å²) >= 11 is 10.5. The van der Waals surface area contributed by atoms with E-state index in [9.17, 15) is 4.79 Å². The molecule has 0 spiro atoms. The summed E-state index contributed by atoms with van der Waals surface area (Å²) in [4.78, 5) is 14.7. The molecule has 0 saturated heterocycles. The van der Waals surface area contributed by atoms with Gasteiger partial charge in [-0.3, -0.25) is 9.48 Å². The van der Waals surface area contributed by atoms with Crippen molar-refractivity contribution in [2.45, 2.75) is 19.6 Å². The average molecular weight is 414 g/mol. The SMILES string of the molecule is CCN(CC)C(=S)SCc1c(Br)c(=O)n(-c2ccccc2)n1C. The number of para-hydroxylation sites is 1. The van der Waals surface area contributed by atoms with Crippen molar-refractivity contribution in [3.05, 3.63) is 50.9 Å². The summed E-state index contributed by atoms with van der Waals surface area (Å²) in [5, 5.41) is 0. The maximum atomic E-state index is 12.5. The van der Waals surface area contributed by atoms with Gasteiger partial charge in [0.2, 0.25) is 0 Å². The predicted octanol–water partition coefficient (Wildman–Crippen LogP) is 3.80. The summed E-state index contributed by atoms with van der Waals surface area (Å²) < 4.78 is 5.01. The molecule has 0 amide bonds. The van der Waals surface area contributed by atoms with Gasteiger partial charge in [0.25, 0.3) is 5.56 Å². The fourth-order valence-electron chi connectivity index (χ4n) is 2.34. The number of rotatable bonds is 5. The zero-order chi connectivity index (χ0) is 17.0. The molecule has 7 heteroatoms. The van der Waals surface area contributed by atoms with Crippen LogP contribution in [0.15, 0.2) is 39.6 Å². The minimum Gasteiger partial charge on any atom is -0.358 e. The molecule has 124 valence electrons. The molecule has 4 nitrogen and oxygen atoms in total. The Morgan fingerprint density at radius 1 is 1.26 bits per heavy atom. The Bertz CT molecular complexity index is 736. The van der Waals surface area contributed by atoms with Gasteiger partial charge in [0.15, 0.2) is 0 Å². The molecule has 0 aliphatic carbocycles. The van der Waals surface area contributed by atoms with Crippen molar-refractivity contribution in [1.29, 1.82) is 0 Å². The van der Waals surface area contributed by atoms with Crippen molar-refractivity contribution in [3.8, 4) is 5.69 Å². The van der Waals surface area contributed by atoms with Gasteiger partial charge in [-0.25, -0.2) is 4.68 Å². The Labute approximate surface area is 154 Å². The maximum Gasteiger partial charge on any atom is 0.286 e. The lowest BCUT2D eigenvalue weighted by molar-refractivity contribution is 0.482. The molecule has 0 N–H and O–H groups in total. The topological polar surface area (TPSA) is 30.2 Å². The van der Waals surface area contributed by atoms with Gasteiger partial charge in [-0.2, -0.15) is 0 Å². The van der Waals surface area contributed by atoms with Gasteiger partial charge in [-0.1, -0.05) is 42.2 Å². The minimum absolute atomic E-state index is 0.0527. The first-order valence-electron chi connectivity index (χ1n) is 7.44. The fourth-order valence-corrected chi connectivity index (χ4v) is 4.55. The normalized spacial score (nSPS) is 10.8. The molecule has 0 bridgehead atoms. The van der Waals surface area contributed by atoms with Crippen LogP contribution >= 0.6 is 39.9 Å². The van der Waals surface area contributed by atoms with Crippen molar-refractivity contribution in [3.63, 3.8) is 0 Å². The van der Waals surface area contributed by atoms with E-state index in [-0.39, 0.29) is 5.56 Å². The van der Waals surface area contributed by atoms with E-state index in [0.29, 0.717) is 10.2 Å². The van der Waals surface area contributed by atoms with E-state index in [2.05, 4.69) is 34.7 Å². The zero-order valence-electron chi connectivity index (χ0n) is 13.5. The van der Waals surface area contributed by atoms with Crippen molar-refractivity contribution < 1.29 is 0 Å². The number of halogens is 1. The van der Waals surface area contributed by atoms with Crippen LogP contribution in [0, 0.1) is 0 Å². The van der Waals surface area contributed by atoms with Gasteiger partial charge in [0.05, 0.1) is 11.4 Å². The van der Waals surface area contributed by atoms with Crippen LogP contribution in [0.25, 0.3) is 5.69 Å². The van der Waals surface area contributed by atoms with E-state index < -0.39 is 0 Å². The number of hydrogen-bond donors (Lipinski definition) is 0. The molecule has 0 unspecified atom stereocenters. The Kier molecular flexibility index (Phi) is 6.50. The van der Waals surface area contributed by atoms with Crippen LogP contribution in [0.4, 0.5) is 0 Å². The van der Waals surface area contributed by atoms with E-state index >= 15 is 0 Å². The van der Waals surface area contributed by atoms with Crippen molar-refractivity contribution in [2.24, 2.45) is 7.05 Å². The third-order valence-electron chi connectivity index (χ3n) is 3.68. The third kappa shape index (κ3) is 3.89. The predicted molar refractivity (Wildman–Crippen MR) is 106 cm³/mol. The van der Waals surface area contributed by atoms with Crippen LogP contribution in [0.5, 0.6) is 0 Å². The number of nitrogens with zero attached hydrogens (tertiary/aromatic N) is 3. The van der Waals surface area contributed by atoms with E-state index in [4.69, 9.17) is 12.2 Å². The lowest BCUT2D eigenvalue weighted by Gasteiger charge is -2.21. The number of thioether (sulfide) groups is 1. The van der Waals surface area contributed by atoms with Crippen LogP contribution in [0.1, 0.15) is 19.5 Å². The van der Waals surface area contributed by atoms with Gasteiger partial charge in [0.1, 0.15) is 8.79 Å². The third-order valence-corrected chi connectivity index (χ3v) is 6.01. The van der Waals surface area contributed by atoms with Gasteiger partial charge < -0.3 is 4.90 Å². The van der Waals surface area contributed by atoms with Crippen LogP contribution in [0.3, 0.4) is 0 Å². The first kappa shape index (κ1) is 18.3. The van der Waals surface area contributed by atoms with E-state index in [1.54, 1.807) is 16.4 Å². The molecule has 2 rings (SSSR count). The maximum absolute atomic E-state index is 12.5. The number of hydrogen-bond acceptors (Lipinski definition) is 3. The molecule has 23 heavy (non-hydrogen) atoms. The Morgan fingerprint density at radius 2 is 1.87 bits per heavy atom. The molecular weight excluding hydrogens is 394 g/mol. The zero-order valence-corrected chi connectivity index (χ0v) is 16.7. The highest BCUT2D eigenvalue weighted by Crippen LogP contribution is 2.22. The molecule has 2 aromatic rings. The smallest absolute Gasteiger partial charge is 0.286 e. The largest absolute Gasteiger partial charge is 0.358 e. The van der Waals surface area contributed by atoms with Crippen molar-refractivity contribution >= 4 is 44.2 Å². The molecule has 0 aliphatic heterocycles. The molecule has 1 heterocycles. The summed E-state index contributed by atoms with van der Waals surface area (Å²) in [6.07, 6.45) is 0. The first-order chi connectivity index (χ1) is 11.0. The number of thiocarbonyl (C=S) groups is 1. The standard InChI is InChI=1S/C16H20BrN3OS2/c1-4-19(5-2)16(22)23-11-13-14(17)15(21)20(18(13)3)12-9-7-6-8-10-12/h6-10H,4-5,11H2,1-3H3. The van der Waals surface area contributed by atoms with E-state index in [1.807, 2.05) is 42.1 Å². The average Bonchev–Trinajstić information content (AvgIpc) is 2.77. The lowest BCUT2D eigenvalue weighted by Crippen LogP contribution is -2.26. The van der Waals surface area contributed by atoms with Gasteiger partial charge in [-0.05, 0) is 41.9 Å². The van der Waals surface area contributed by atoms with Crippen LogP contribution in [-0.4, -0.2) is 31.7 Å². The molecular formula is C16H20BrN3OS2. The highest BCUT2D eigenvalue weighted by atomic mass is 79.9. The second kappa shape index (κ2) is 8.17. The van der Waals surface area contributed by atoms with Crippen molar-refractivity contribution in [2.75, 3.05) is 13.1 Å². The highest BCUT2D eigenvalue weighted by Gasteiger charge is 2.18. The van der Waals surface area contributed by atoms with Gasteiger partial charge >= 0.3 is 0 Å². The van der Waals surface area contributed by atoms with Gasteiger partial charge in [0, 0.05) is 25.9 Å². The fraction of sp³-hybridized carbons (Fsp3) is 0.375. The highest BCUT2D eigenvalue weighted by molar-refractivity contribution is 9.10. The van der Waals surface area contributed by atoms with Crippen LogP contribution in [0.2, 0.25) is 0 Å². The van der Waals surface area contributed by atoms with E-state index in [1.165, 1.54) is 0 Å².